The van der Waals surface area contributed by atoms with Gasteiger partial charge in [-0.1, -0.05) is 15.9 Å². The Labute approximate surface area is 101 Å². The van der Waals surface area contributed by atoms with Gasteiger partial charge in [-0.25, -0.2) is 4.90 Å². The average Bonchev–Trinajstić information content (AvgIpc) is 2.08. The van der Waals surface area contributed by atoms with Gasteiger partial charge in [0.15, 0.2) is 0 Å². The molecule has 0 bridgehead atoms. The van der Waals surface area contributed by atoms with Crippen molar-refractivity contribution < 1.29 is 35.9 Å². The van der Waals surface area contributed by atoms with Gasteiger partial charge in [-0.05, 0) is 7.05 Å². The van der Waals surface area contributed by atoms with E-state index in [9.17, 15) is 31.1 Å². The summed E-state index contributed by atoms with van der Waals surface area (Å²) in [6, 6.07) is 0. The Morgan fingerprint density at radius 1 is 1.18 bits per heavy atom. The molecule has 0 aromatic heterocycles. The van der Waals surface area contributed by atoms with E-state index in [1.807, 2.05) is 0 Å². The van der Waals surface area contributed by atoms with Crippen LogP contribution in [0.5, 0.6) is 0 Å². The van der Waals surface area contributed by atoms with Gasteiger partial charge in [-0.15, -0.1) is 0 Å². The zero-order valence-corrected chi connectivity index (χ0v) is 10.2. The van der Waals surface area contributed by atoms with Gasteiger partial charge in [0.2, 0.25) is 0 Å². The van der Waals surface area contributed by atoms with Crippen molar-refractivity contribution in [2.75, 3.05) is 12.5 Å². The maximum atomic E-state index is 12.6. The number of carbonyl (C=O) groups is 1. The van der Waals surface area contributed by atoms with E-state index in [2.05, 4.69) is 20.7 Å². The van der Waals surface area contributed by atoms with Gasteiger partial charge in [0.05, 0.1) is 5.45 Å². The van der Waals surface area contributed by atoms with Crippen LogP contribution in [0.4, 0.5) is 26.3 Å². The highest BCUT2D eigenvalue weighted by Crippen LogP contribution is 2.47. The Kier molecular flexibility index (Phi) is 4.86. The van der Waals surface area contributed by atoms with Gasteiger partial charge < -0.3 is 4.74 Å². The number of rotatable bonds is 3. The lowest BCUT2D eigenvalue weighted by Crippen LogP contribution is -2.68. The van der Waals surface area contributed by atoms with Crippen molar-refractivity contribution in [2.45, 2.75) is 25.0 Å². The Morgan fingerprint density at radius 2 is 1.53 bits per heavy atom. The summed E-state index contributed by atoms with van der Waals surface area (Å²) in [6.45, 7) is 0.467. The average molecular weight is 332 g/mol. The molecule has 17 heavy (non-hydrogen) atoms. The minimum absolute atomic E-state index is 0.200. The molecular weight excluding hydrogens is 324 g/mol. The summed E-state index contributed by atoms with van der Waals surface area (Å²) in [6.07, 6.45) is -11.6. The van der Waals surface area contributed by atoms with Crippen LogP contribution < -0.4 is 0 Å². The highest BCUT2D eigenvalue weighted by molar-refractivity contribution is 9.09. The maximum absolute atomic E-state index is 12.6. The van der Waals surface area contributed by atoms with Crippen LogP contribution in [0.1, 0.15) is 6.92 Å². The molecule has 10 heteroatoms. The molecule has 0 aromatic rings. The molecule has 0 aliphatic rings. The molecule has 0 amide bonds. The molecule has 3 nitrogen and oxygen atoms in total. The first kappa shape index (κ1) is 16.5. The maximum Gasteiger partial charge on any atom is 0.453 e. The molecule has 0 atom stereocenters. The summed E-state index contributed by atoms with van der Waals surface area (Å²) < 4.78 is 79.2. The minimum atomic E-state index is -5.82. The zero-order chi connectivity index (χ0) is 14.1. The molecule has 0 fully saturated rings. The molecule has 102 valence electrons. The number of alkyl halides is 7. The Balaban J connectivity index is 5.81. The van der Waals surface area contributed by atoms with Crippen molar-refractivity contribution in [2.24, 2.45) is 0 Å². The van der Waals surface area contributed by atoms with Crippen LogP contribution in [-0.4, -0.2) is 41.4 Å². The van der Waals surface area contributed by atoms with Crippen LogP contribution in [0.25, 0.3) is 0 Å². The molecule has 0 unspecified atom stereocenters. The lowest BCUT2D eigenvalue weighted by atomic mass is 10.1. The van der Waals surface area contributed by atoms with Crippen molar-refractivity contribution in [3.8, 4) is 0 Å². The monoisotopic (exact) mass is 331 g/mol. The first-order chi connectivity index (χ1) is 7.40. The molecule has 0 saturated carbocycles. The van der Waals surface area contributed by atoms with Gasteiger partial charge >= 0.3 is 24.0 Å². The van der Waals surface area contributed by atoms with Crippen molar-refractivity contribution in [3.05, 3.63) is 0 Å². The van der Waals surface area contributed by atoms with E-state index in [1.54, 1.807) is 0 Å². The molecule has 0 rings (SSSR count). The van der Waals surface area contributed by atoms with E-state index in [4.69, 9.17) is 0 Å². The number of esters is 1. The van der Waals surface area contributed by atoms with Crippen LogP contribution in [0.15, 0.2) is 0 Å². The Morgan fingerprint density at radius 3 is 1.71 bits per heavy atom. The second kappa shape index (κ2) is 5.01. The van der Waals surface area contributed by atoms with E-state index in [0.29, 0.717) is 14.0 Å². The zero-order valence-electron chi connectivity index (χ0n) is 8.62. The van der Waals surface area contributed by atoms with E-state index < -0.39 is 29.5 Å². The highest BCUT2D eigenvalue weighted by Gasteiger charge is 2.76. The second-order valence-electron chi connectivity index (χ2n) is 3.05. The number of ether oxygens (including phenoxy) is 1. The minimum Gasteiger partial charge on any atom is -0.425 e. The van der Waals surface area contributed by atoms with Crippen LogP contribution >= 0.6 is 15.9 Å². The molecule has 0 aromatic carbocycles. The number of carbonyl (C=O) groups excluding carboxylic acids is 1. The number of nitrogens with zero attached hydrogens (tertiary/aromatic N) is 1. The highest BCUT2D eigenvalue weighted by atomic mass is 79.9. The SMILES string of the molecule is CC(=O)OC(N(C)CBr)(C(F)(F)F)C(F)(F)F. The summed E-state index contributed by atoms with van der Waals surface area (Å²) in [7, 11) is 0.526. The third-order valence-corrected chi connectivity index (χ3v) is 2.53. The molecule has 0 radical (unpaired) electrons. The predicted molar refractivity (Wildman–Crippen MR) is 48.2 cm³/mol. The second-order valence-corrected chi connectivity index (χ2v) is 3.55. The Hall–Kier alpha value is -0.510. The predicted octanol–water partition coefficient (Wildman–Crippen LogP) is 2.65. The van der Waals surface area contributed by atoms with Gasteiger partial charge in [0, 0.05) is 6.92 Å². The van der Waals surface area contributed by atoms with E-state index in [0.717, 1.165) is 0 Å². The molecule has 0 N–H and O–H groups in total. The Bertz CT molecular complexity index is 275. The lowest BCUT2D eigenvalue weighted by molar-refractivity contribution is -0.410. The normalized spacial score (nSPS) is 14.0. The third-order valence-electron chi connectivity index (χ3n) is 1.78. The fourth-order valence-electron chi connectivity index (χ4n) is 1.08. The molecule has 0 saturated heterocycles. The van der Waals surface area contributed by atoms with E-state index in [1.165, 1.54) is 0 Å². The van der Waals surface area contributed by atoms with Crippen LogP contribution in [-0.2, 0) is 9.53 Å². The van der Waals surface area contributed by atoms with Gasteiger partial charge in [-0.3, -0.25) is 4.79 Å². The fourth-order valence-corrected chi connectivity index (χ4v) is 1.43. The number of hydrogen-bond donors (Lipinski definition) is 0. The number of halogens is 7. The van der Waals surface area contributed by atoms with Gasteiger partial charge in [-0.2, -0.15) is 26.3 Å². The summed E-state index contributed by atoms with van der Waals surface area (Å²) >= 11 is 2.46. The summed E-state index contributed by atoms with van der Waals surface area (Å²) in [4.78, 5) is 10.3. The quantitative estimate of drug-likeness (QED) is 0.262. The summed E-state index contributed by atoms with van der Waals surface area (Å²) in [5.74, 6) is -1.69. The van der Waals surface area contributed by atoms with E-state index >= 15 is 0 Å². The molecular formula is C7H8BrF6NO2. The molecule has 0 aliphatic heterocycles. The molecule has 0 aliphatic carbocycles. The fraction of sp³-hybridized carbons (Fsp3) is 0.857. The van der Waals surface area contributed by atoms with Crippen LogP contribution in [0.3, 0.4) is 0 Å². The first-order valence-electron chi connectivity index (χ1n) is 4.00. The smallest absolute Gasteiger partial charge is 0.425 e. The van der Waals surface area contributed by atoms with Crippen LogP contribution in [0.2, 0.25) is 0 Å². The summed E-state index contributed by atoms with van der Waals surface area (Å²) in [5.41, 5.74) is -5.45. The van der Waals surface area contributed by atoms with Crippen molar-refractivity contribution in [3.63, 3.8) is 0 Å². The van der Waals surface area contributed by atoms with Crippen LogP contribution in [0, 0.1) is 0 Å². The van der Waals surface area contributed by atoms with Crippen molar-refractivity contribution >= 4 is 21.9 Å². The first-order valence-corrected chi connectivity index (χ1v) is 5.12. The van der Waals surface area contributed by atoms with Crippen molar-refractivity contribution in [1.29, 1.82) is 0 Å². The topological polar surface area (TPSA) is 29.5 Å². The summed E-state index contributed by atoms with van der Waals surface area (Å²) in [5, 5.41) is 0. The molecule has 0 spiro atoms. The standard InChI is InChI=1S/C7H8BrF6NO2/c1-4(16)17-5(6(9,10)11,7(12,13)14)15(2)3-8/h3H2,1-2H3. The van der Waals surface area contributed by atoms with E-state index in [-0.39, 0.29) is 4.90 Å². The number of hydrogen-bond acceptors (Lipinski definition) is 3. The lowest BCUT2D eigenvalue weighted by Gasteiger charge is -2.41. The third kappa shape index (κ3) is 3.03. The van der Waals surface area contributed by atoms with Gasteiger partial charge in [0.1, 0.15) is 0 Å². The van der Waals surface area contributed by atoms with Crippen molar-refractivity contribution in [1.82, 2.24) is 4.90 Å². The van der Waals surface area contributed by atoms with Gasteiger partial charge in [0.25, 0.3) is 0 Å². The molecule has 0 heterocycles. The largest absolute Gasteiger partial charge is 0.453 e.